The third-order valence-electron chi connectivity index (χ3n) is 7.45. The summed E-state index contributed by atoms with van der Waals surface area (Å²) in [5.41, 5.74) is 8.36. The summed E-state index contributed by atoms with van der Waals surface area (Å²) in [5, 5.41) is 6.01. The van der Waals surface area contributed by atoms with E-state index >= 15 is 0 Å². The molecular formula is C35H51ClN4O5. The number of carbonyl (C=O) groups excluding carboxylic acids is 4. The molecule has 2 rings (SSSR count). The fourth-order valence-electron chi connectivity index (χ4n) is 5.19. The van der Waals surface area contributed by atoms with Gasteiger partial charge in [-0.15, -0.1) is 0 Å². The number of amides is 4. The average Bonchev–Trinajstić information content (AvgIpc) is 2.93. The van der Waals surface area contributed by atoms with Gasteiger partial charge in [0, 0.05) is 13.0 Å². The number of hydrogen-bond acceptors (Lipinski definition) is 5. The van der Waals surface area contributed by atoms with Crippen LogP contribution in [0.1, 0.15) is 107 Å². The summed E-state index contributed by atoms with van der Waals surface area (Å²) < 4.78 is 5.44. The molecule has 2 unspecified atom stereocenters. The summed E-state index contributed by atoms with van der Waals surface area (Å²) in [6, 6.07) is 8.85. The second kappa shape index (κ2) is 17.8. The van der Waals surface area contributed by atoms with Crippen LogP contribution in [0.15, 0.2) is 36.4 Å². The Kier molecular flexibility index (Phi) is 14.9. The number of nitrogens with zero attached hydrogens (tertiary/aromatic N) is 1. The molecule has 4 N–H and O–H groups in total. The van der Waals surface area contributed by atoms with E-state index in [9.17, 15) is 19.2 Å². The van der Waals surface area contributed by atoms with E-state index in [-0.39, 0.29) is 19.4 Å². The molecule has 2 aromatic carbocycles. The van der Waals surface area contributed by atoms with Crippen LogP contribution in [0.2, 0.25) is 5.02 Å². The molecule has 0 aliphatic heterocycles. The lowest BCUT2D eigenvalue weighted by atomic mass is 9.95. The molecule has 0 bridgehead atoms. The molecule has 45 heavy (non-hydrogen) atoms. The van der Waals surface area contributed by atoms with E-state index in [0.29, 0.717) is 22.7 Å². The Morgan fingerprint density at radius 2 is 1.62 bits per heavy atom. The van der Waals surface area contributed by atoms with Crippen LogP contribution < -0.4 is 16.4 Å². The van der Waals surface area contributed by atoms with Crippen molar-refractivity contribution in [3.8, 4) is 0 Å². The van der Waals surface area contributed by atoms with Crippen molar-refractivity contribution in [1.82, 2.24) is 10.2 Å². The van der Waals surface area contributed by atoms with E-state index in [0.717, 1.165) is 48.8 Å². The fourth-order valence-corrected chi connectivity index (χ4v) is 5.46. The molecule has 10 heteroatoms. The zero-order chi connectivity index (χ0) is 33.7. The first-order chi connectivity index (χ1) is 21.1. The third kappa shape index (κ3) is 12.4. The van der Waals surface area contributed by atoms with Crippen LogP contribution in [0.25, 0.3) is 0 Å². The lowest BCUT2D eigenvalue weighted by Gasteiger charge is -2.35. The van der Waals surface area contributed by atoms with Crippen LogP contribution in [-0.2, 0) is 19.1 Å². The number of ether oxygens (including phenoxy) is 1. The topological polar surface area (TPSA) is 131 Å². The number of unbranched alkanes of at least 4 members (excludes halogenated alkanes) is 5. The van der Waals surface area contributed by atoms with Crippen LogP contribution in [0.3, 0.4) is 0 Å². The van der Waals surface area contributed by atoms with Crippen LogP contribution >= 0.6 is 11.6 Å². The largest absolute Gasteiger partial charge is 0.444 e. The normalized spacial score (nSPS) is 12.6. The van der Waals surface area contributed by atoms with Gasteiger partial charge in [0.25, 0.3) is 5.91 Å². The molecular weight excluding hydrogens is 592 g/mol. The van der Waals surface area contributed by atoms with Crippen molar-refractivity contribution >= 4 is 41.1 Å². The maximum atomic E-state index is 14.5. The highest BCUT2D eigenvalue weighted by atomic mass is 35.5. The minimum absolute atomic E-state index is 0.0503. The average molecular weight is 643 g/mol. The molecule has 0 spiro atoms. The zero-order valence-electron chi connectivity index (χ0n) is 27.9. The predicted molar refractivity (Wildman–Crippen MR) is 180 cm³/mol. The van der Waals surface area contributed by atoms with Gasteiger partial charge in [-0.3, -0.25) is 14.4 Å². The zero-order valence-corrected chi connectivity index (χ0v) is 28.7. The van der Waals surface area contributed by atoms with E-state index < -0.39 is 41.5 Å². The SMILES string of the molecule is CCCCCCCCN(C(=O)C(CCC(N)=O)NC(=O)OC(C)(C)C)C(C(=O)Nc1c(C)cccc1Cl)c1ccc(C)cc1C. The molecule has 2 atom stereocenters. The number of alkyl carbamates (subject to hydrolysis) is 1. The van der Waals surface area contributed by atoms with Crippen LogP contribution in [0.5, 0.6) is 0 Å². The maximum absolute atomic E-state index is 14.5. The molecule has 4 amide bonds. The number of benzene rings is 2. The van der Waals surface area contributed by atoms with Gasteiger partial charge in [-0.05, 0) is 77.1 Å². The van der Waals surface area contributed by atoms with Crippen molar-refractivity contribution < 1.29 is 23.9 Å². The van der Waals surface area contributed by atoms with Crippen LogP contribution in [0.4, 0.5) is 10.5 Å². The van der Waals surface area contributed by atoms with Crippen LogP contribution in [0, 0.1) is 20.8 Å². The number of aryl methyl sites for hydroxylation is 3. The van der Waals surface area contributed by atoms with E-state index in [1.165, 1.54) is 4.90 Å². The van der Waals surface area contributed by atoms with E-state index in [1.54, 1.807) is 32.9 Å². The van der Waals surface area contributed by atoms with E-state index in [2.05, 4.69) is 17.6 Å². The van der Waals surface area contributed by atoms with Crippen LogP contribution in [-0.4, -0.2) is 46.9 Å². The van der Waals surface area contributed by atoms with Gasteiger partial charge in [0.15, 0.2) is 0 Å². The minimum Gasteiger partial charge on any atom is -0.444 e. The Balaban J connectivity index is 2.62. The maximum Gasteiger partial charge on any atom is 0.408 e. The standard InChI is InChI=1S/C35H51ClN4O5/c1-8-9-10-11-12-13-21-40(33(43)28(19-20-29(37)41)38-34(44)45-35(5,6)7)31(26-18-17-23(2)22-25(26)4)32(42)39-30-24(3)15-14-16-27(30)36/h14-18,22,28,31H,8-13,19-21H2,1-7H3,(H2,37,41)(H,38,44)(H,39,42). The first-order valence-electron chi connectivity index (χ1n) is 15.9. The molecule has 2 aromatic rings. The smallest absolute Gasteiger partial charge is 0.408 e. The van der Waals surface area contributed by atoms with Crippen molar-refractivity contribution in [2.24, 2.45) is 5.73 Å². The first-order valence-corrected chi connectivity index (χ1v) is 16.2. The summed E-state index contributed by atoms with van der Waals surface area (Å²) >= 11 is 6.49. The van der Waals surface area contributed by atoms with Crippen molar-refractivity contribution in [3.63, 3.8) is 0 Å². The molecule has 0 aliphatic rings. The van der Waals surface area contributed by atoms with Gasteiger partial charge in [0.2, 0.25) is 11.8 Å². The van der Waals surface area contributed by atoms with Gasteiger partial charge in [-0.2, -0.15) is 0 Å². The molecule has 0 aliphatic carbocycles. The molecule has 0 aromatic heterocycles. The quantitative estimate of drug-likeness (QED) is 0.165. The highest BCUT2D eigenvalue weighted by molar-refractivity contribution is 6.34. The Hall–Kier alpha value is -3.59. The Bertz CT molecular complexity index is 1300. The minimum atomic E-state index is -1.16. The summed E-state index contributed by atoms with van der Waals surface area (Å²) in [6.45, 7) is 13.3. The lowest BCUT2D eigenvalue weighted by molar-refractivity contribution is -0.141. The van der Waals surface area contributed by atoms with Gasteiger partial charge >= 0.3 is 6.09 Å². The second-order valence-electron chi connectivity index (χ2n) is 12.7. The molecule has 248 valence electrons. The highest BCUT2D eigenvalue weighted by Gasteiger charge is 2.37. The third-order valence-corrected chi connectivity index (χ3v) is 7.77. The molecule has 0 radical (unpaired) electrons. The van der Waals surface area contributed by atoms with Crippen molar-refractivity contribution in [1.29, 1.82) is 0 Å². The van der Waals surface area contributed by atoms with Crippen molar-refractivity contribution in [3.05, 3.63) is 63.7 Å². The Morgan fingerprint density at radius 1 is 0.956 bits per heavy atom. The highest BCUT2D eigenvalue weighted by Crippen LogP contribution is 2.31. The molecule has 0 saturated heterocycles. The monoisotopic (exact) mass is 642 g/mol. The van der Waals surface area contributed by atoms with Gasteiger partial charge in [0.05, 0.1) is 10.7 Å². The second-order valence-corrected chi connectivity index (χ2v) is 13.1. The summed E-state index contributed by atoms with van der Waals surface area (Å²) in [5.74, 6) is -1.56. The molecule has 0 fully saturated rings. The van der Waals surface area contributed by atoms with Crippen molar-refractivity contribution in [2.45, 2.75) is 118 Å². The molecule has 0 saturated carbocycles. The summed E-state index contributed by atoms with van der Waals surface area (Å²) in [4.78, 5) is 55.0. The number of halogens is 1. The lowest BCUT2D eigenvalue weighted by Crippen LogP contribution is -2.53. The predicted octanol–water partition coefficient (Wildman–Crippen LogP) is 7.29. The Labute approximate surface area is 273 Å². The molecule has 0 heterocycles. The number of anilines is 1. The van der Waals surface area contributed by atoms with E-state index in [4.69, 9.17) is 22.1 Å². The van der Waals surface area contributed by atoms with Gasteiger partial charge < -0.3 is 26.0 Å². The van der Waals surface area contributed by atoms with Crippen molar-refractivity contribution in [2.75, 3.05) is 11.9 Å². The van der Waals surface area contributed by atoms with Gasteiger partial charge in [-0.25, -0.2) is 4.79 Å². The number of para-hydroxylation sites is 1. The number of nitrogens with two attached hydrogens (primary N) is 1. The number of carbonyl (C=O) groups is 4. The number of rotatable bonds is 16. The number of nitrogens with one attached hydrogen (secondary N) is 2. The van der Waals surface area contributed by atoms with E-state index in [1.807, 2.05) is 45.0 Å². The van der Waals surface area contributed by atoms with Gasteiger partial charge in [0.1, 0.15) is 17.7 Å². The summed E-state index contributed by atoms with van der Waals surface area (Å²) in [6.07, 6.45) is 4.83. The van der Waals surface area contributed by atoms with Gasteiger partial charge in [-0.1, -0.05) is 86.5 Å². The Morgan fingerprint density at radius 3 is 2.22 bits per heavy atom. The molecule has 9 nitrogen and oxygen atoms in total. The first kappa shape index (κ1) is 37.6. The number of primary amides is 1. The fraction of sp³-hybridized carbons (Fsp3) is 0.543. The summed E-state index contributed by atoms with van der Waals surface area (Å²) in [7, 11) is 0. The number of hydrogen-bond donors (Lipinski definition) is 3.